The van der Waals surface area contributed by atoms with Gasteiger partial charge in [0.15, 0.2) is 15.8 Å². The van der Waals surface area contributed by atoms with Gasteiger partial charge in [0.25, 0.3) is 5.78 Å². The van der Waals surface area contributed by atoms with E-state index in [2.05, 4.69) is 21.8 Å². The fourth-order valence-electron chi connectivity index (χ4n) is 4.33. The molecule has 3 heterocycles. The number of ketones is 1. The molecule has 1 fully saturated rings. The number of aromatic nitrogens is 3. The third-order valence-electron chi connectivity index (χ3n) is 6.22. The van der Waals surface area contributed by atoms with Crippen LogP contribution in [0.5, 0.6) is 11.5 Å². The molecule has 1 saturated heterocycles. The van der Waals surface area contributed by atoms with Crippen LogP contribution in [-0.4, -0.2) is 45.2 Å². The van der Waals surface area contributed by atoms with Crippen molar-refractivity contribution in [3.8, 4) is 11.5 Å². The fraction of sp³-hybridized carbons (Fsp3) is 0.167. The van der Waals surface area contributed by atoms with E-state index in [-0.39, 0.29) is 23.1 Å². The van der Waals surface area contributed by atoms with Gasteiger partial charge in [0.1, 0.15) is 12.4 Å². The molecule has 1 amide bonds. The molecule has 4 aromatic rings. The highest BCUT2D eigenvalue weighted by molar-refractivity contribution is 8.00. The van der Waals surface area contributed by atoms with E-state index in [1.807, 2.05) is 31.2 Å². The topological polar surface area (TPSA) is 115 Å². The van der Waals surface area contributed by atoms with Gasteiger partial charge in [-0.1, -0.05) is 65.6 Å². The van der Waals surface area contributed by atoms with Gasteiger partial charge in [-0.3, -0.25) is 19.5 Å². The van der Waals surface area contributed by atoms with E-state index >= 15 is 0 Å². The number of halogens is 1. The average Bonchev–Trinajstić information content (AvgIpc) is 3.58. The molecule has 0 bridgehead atoms. The number of carbonyl (C=O) groups excluding carboxylic acids is 2. The molecule has 1 aliphatic heterocycles. The van der Waals surface area contributed by atoms with E-state index in [0.29, 0.717) is 44.3 Å². The number of amides is 1. The average molecular weight is 621 g/mol. The van der Waals surface area contributed by atoms with Gasteiger partial charge in [-0.15, -0.1) is 10.2 Å². The zero-order valence-corrected chi connectivity index (χ0v) is 24.8. The Bertz CT molecular complexity index is 1640. The predicted molar refractivity (Wildman–Crippen MR) is 163 cm³/mol. The normalized spacial score (nSPS) is 16.0. The van der Waals surface area contributed by atoms with Gasteiger partial charge in [-0.25, -0.2) is 0 Å². The van der Waals surface area contributed by atoms with Gasteiger partial charge in [-0.05, 0) is 54.4 Å². The van der Waals surface area contributed by atoms with Crippen LogP contribution >= 0.6 is 34.7 Å². The molecule has 2 aromatic heterocycles. The third kappa shape index (κ3) is 6.18. The number of hydrogen-bond acceptors (Lipinski definition) is 10. The molecular formula is C30H25ClN4O5S2. The second kappa shape index (κ2) is 13.2. The minimum Gasteiger partial charge on any atom is -0.507 e. The summed E-state index contributed by atoms with van der Waals surface area (Å²) in [5.41, 5.74) is 1.82. The number of thioether (sulfide) groups is 1. The third-order valence-corrected chi connectivity index (χ3v) is 8.59. The standard InChI is InChI=1S/C30H25ClN4O5S2/c1-3-15-40-22-10-7-20(16-23(22)39-4-2)25-24(26(36)19-11-13-32-14-12-19)27(37)28(38)35(25)29-33-34-30(42-29)41-17-18-5-8-21(31)9-6-18/h3,5-14,16,25,36H,1,4,15,17H2,2H3. The van der Waals surface area contributed by atoms with Crippen molar-refractivity contribution in [1.82, 2.24) is 15.2 Å². The van der Waals surface area contributed by atoms with Crippen molar-refractivity contribution >= 4 is 57.3 Å². The van der Waals surface area contributed by atoms with Crippen LogP contribution in [0.2, 0.25) is 5.02 Å². The highest BCUT2D eigenvalue weighted by atomic mass is 35.5. The first-order valence-electron chi connectivity index (χ1n) is 12.8. The number of carbonyl (C=O) groups is 2. The molecule has 12 heteroatoms. The lowest BCUT2D eigenvalue weighted by molar-refractivity contribution is -0.132. The molecule has 2 aromatic carbocycles. The fourth-order valence-corrected chi connectivity index (χ4v) is 6.27. The number of anilines is 1. The van der Waals surface area contributed by atoms with Crippen LogP contribution in [0.25, 0.3) is 5.76 Å². The summed E-state index contributed by atoms with van der Waals surface area (Å²) < 4.78 is 12.2. The molecule has 1 aliphatic rings. The van der Waals surface area contributed by atoms with E-state index in [1.54, 1.807) is 36.4 Å². The number of nitrogens with zero attached hydrogens (tertiary/aromatic N) is 4. The summed E-state index contributed by atoms with van der Waals surface area (Å²) in [6, 6.07) is 14.7. The zero-order chi connectivity index (χ0) is 29.6. The van der Waals surface area contributed by atoms with Crippen molar-refractivity contribution < 1.29 is 24.2 Å². The lowest BCUT2D eigenvalue weighted by atomic mass is 9.95. The van der Waals surface area contributed by atoms with Gasteiger partial charge < -0.3 is 14.6 Å². The largest absolute Gasteiger partial charge is 0.507 e. The maximum atomic E-state index is 13.5. The van der Waals surface area contributed by atoms with Crippen LogP contribution in [0.3, 0.4) is 0 Å². The Morgan fingerprint density at radius 1 is 1.10 bits per heavy atom. The molecule has 0 saturated carbocycles. The summed E-state index contributed by atoms with van der Waals surface area (Å²) in [6.07, 6.45) is 4.60. The Hall–Kier alpha value is -4.19. The van der Waals surface area contributed by atoms with Crippen molar-refractivity contribution in [2.24, 2.45) is 0 Å². The van der Waals surface area contributed by atoms with Gasteiger partial charge in [0.05, 0.1) is 18.2 Å². The highest BCUT2D eigenvalue weighted by Crippen LogP contribution is 2.45. The number of ether oxygens (including phenoxy) is 2. The van der Waals surface area contributed by atoms with Crippen molar-refractivity contribution in [2.75, 3.05) is 18.1 Å². The number of hydrogen-bond donors (Lipinski definition) is 1. The van der Waals surface area contributed by atoms with Crippen molar-refractivity contribution in [3.63, 3.8) is 0 Å². The minimum absolute atomic E-state index is 0.0843. The molecule has 1 N–H and O–H groups in total. The van der Waals surface area contributed by atoms with E-state index in [0.717, 1.165) is 5.56 Å². The quantitative estimate of drug-likeness (QED) is 0.0503. The molecule has 9 nitrogen and oxygen atoms in total. The minimum atomic E-state index is -1.01. The number of benzene rings is 2. The van der Waals surface area contributed by atoms with Gasteiger partial charge in [0, 0.05) is 28.7 Å². The van der Waals surface area contributed by atoms with E-state index in [4.69, 9.17) is 21.1 Å². The second-order valence-electron chi connectivity index (χ2n) is 8.91. The van der Waals surface area contributed by atoms with Crippen LogP contribution in [0.15, 0.2) is 89.6 Å². The summed E-state index contributed by atoms with van der Waals surface area (Å²) in [6.45, 7) is 6.14. The molecule has 0 spiro atoms. The molecule has 0 aliphatic carbocycles. The molecule has 1 unspecified atom stereocenters. The second-order valence-corrected chi connectivity index (χ2v) is 11.5. The van der Waals surface area contributed by atoms with E-state index in [9.17, 15) is 14.7 Å². The van der Waals surface area contributed by atoms with Crippen LogP contribution in [-0.2, 0) is 15.3 Å². The number of aliphatic hydroxyl groups is 1. The molecular weight excluding hydrogens is 596 g/mol. The lowest BCUT2D eigenvalue weighted by Gasteiger charge is -2.23. The Kier molecular flexibility index (Phi) is 9.21. The summed E-state index contributed by atoms with van der Waals surface area (Å²) in [7, 11) is 0. The summed E-state index contributed by atoms with van der Waals surface area (Å²) >= 11 is 8.62. The molecule has 1 atom stereocenters. The summed E-state index contributed by atoms with van der Waals surface area (Å²) in [5, 5.41) is 20.7. The Morgan fingerprint density at radius 3 is 2.57 bits per heavy atom. The summed E-state index contributed by atoms with van der Waals surface area (Å²) in [5.74, 6) is -0.489. The van der Waals surface area contributed by atoms with Gasteiger partial charge in [0.2, 0.25) is 5.13 Å². The van der Waals surface area contributed by atoms with Crippen LogP contribution in [0.4, 0.5) is 5.13 Å². The Balaban J connectivity index is 1.56. The highest BCUT2D eigenvalue weighted by Gasteiger charge is 2.48. The Morgan fingerprint density at radius 2 is 1.86 bits per heavy atom. The zero-order valence-electron chi connectivity index (χ0n) is 22.4. The maximum Gasteiger partial charge on any atom is 0.301 e. The van der Waals surface area contributed by atoms with Gasteiger partial charge in [-0.2, -0.15) is 0 Å². The van der Waals surface area contributed by atoms with Crippen molar-refractivity contribution in [3.05, 3.63) is 107 Å². The predicted octanol–water partition coefficient (Wildman–Crippen LogP) is 6.47. The SMILES string of the molecule is C=CCOc1ccc(C2C(=C(O)c3ccncc3)C(=O)C(=O)N2c2nnc(SCc3ccc(Cl)cc3)s2)cc1OCC. The summed E-state index contributed by atoms with van der Waals surface area (Å²) in [4.78, 5) is 32.3. The monoisotopic (exact) mass is 620 g/mol. The molecule has 0 radical (unpaired) electrons. The molecule has 42 heavy (non-hydrogen) atoms. The lowest BCUT2D eigenvalue weighted by Crippen LogP contribution is -2.29. The maximum absolute atomic E-state index is 13.5. The number of rotatable bonds is 11. The van der Waals surface area contributed by atoms with E-state index < -0.39 is 17.7 Å². The smallest absolute Gasteiger partial charge is 0.301 e. The van der Waals surface area contributed by atoms with Crippen LogP contribution in [0, 0.1) is 0 Å². The number of Topliss-reactive ketones (excluding diaryl/α,β-unsaturated/α-hetero) is 1. The Labute approximate surface area is 255 Å². The molecule has 214 valence electrons. The number of aliphatic hydroxyl groups excluding tert-OH is 1. The first-order valence-corrected chi connectivity index (χ1v) is 15.0. The number of pyridine rings is 1. The van der Waals surface area contributed by atoms with Crippen LogP contribution in [0.1, 0.15) is 29.7 Å². The van der Waals surface area contributed by atoms with Crippen molar-refractivity contribution in [2.45, 2.75) is 23.1 Å². The van der Waals surface area contributed by atoms with Gasteiger partial charge >= 0.3 is 5.91 Å². The van der Waals surface area contributed by atoms with E-state index in [1.165, 1.54) is 40.4 Å². The first-order chi connectivity index (χ1) is 20.4. The van der Waals surface area contributed by atoms with Crippen LogP contribution < -0.4 is 14.4 Å². The first kappa shape index (κ1) is 29.3. The van der Waals surface area contributed by atoms with Crippen molar-refractivity contribution in [1.29, 1.82) is 0 Å². The molecule has 5 rings (SSSR count).